The van der Waals surface area contributed by atoms with Crippen molar-refractivity contribution in [2.75, 3.05) is 33.9 Å². The number of aliphatic hydroxyl groups is 2. The molecular weight excluding hydrogens is 389 g/mol. The van der Waals surface area contributed by atoms with Crippen LogP contribution in [-0.4, -0.2) is 54.6 Å². The van der Waals surface area contributed by atoms with Crippen molar-refractivity contribution in [3.05, 3.63) is 53.3 Å². The number of hydrogen-bond donors (Lipinski definition) is 2. The predicted octanol–water partition coefficient (Wildman–Crippen LogP) is 3.23. The lowest BCUT2D eigenvalue weighted by Gasteiger charge is -2.46. The number of benzene rings is 2. The Morgan fingerprint density at radius 1 is 1.13 bits per heavy atom. The standard InChI is InChI=1S/C23H28FNO5/c1-28-21-5-3-15(11-22(21)29-2)19(27)14-25-9-7-23(8-10-25)13-18(26)17-12-16(24)4-6-20(17)30-23/h3-6,11-12,18-19,26-27H,7-10,13-14H2,1-2H3/t18-,19+/m0/s1. The van der Waals surface area contributed by atoms with E-state index in [-0.39, 0.29) is 5.82 Å². The van der Waals surface area contributed by atoms with Crippen LogP contribution in [0.5, 0.6) is 17.2 Å². The summed E-state index contributed by atoms with van der Waals surface area (Å²) in [6.45, 7) is 1.98. The van der Waals surface area contributed by atoms with Crippen molar-refractivity contribution in [1.29, 1.82) is 0 Å². The van der Waals surface area contributed by atoms with E-state index < -0.39 is 17.8 Å². The Hall–Kier alpha value is -2.35. The van der Waals surface area contributed by atoms with Crippen LogP contribution in [0.25, 0.3) is 0 Å². The maximum absolute atomic E-state index is 13.5. The molecule has 2 atom stereocenters. The summed E-state index contributed by atoms with van der Waals surface area (Å²) in [4.78, 5) is 2.20. The number of ether oxygens (including phenoxy) is 3. The number of methoxy groups -OCH3 is 2. The third-order valence-corrected chi connectivity index (χ3v) is 6.21. The van der Waals surface area contributed by atoms with Gasteiger partial charge in [-0.15, -0.1) is 0 Å². The average Bonchev–Trinajstić information content (AvgIpc) is 2.75. The summed E-state index contributed by atoms with van der Waals surface area (Å²) in [5.74, 6) is 1.41. The first-order chi connectivity index (χ1) is 14.4. The zero-order chi connectivity index (χ0) is 21.3. The second kappa shape index (κ2) is 8.41. The maximum Gasteiger partial charge on any atom is 0.161 e. The van der Waals surface area contributed by atoms with Crippen molar-refractivity contribution < 1.29 is 28.8 Å². The number of β-amino-alcohol motifs (C(OH)–C–C–N with tert-alkyl or cyclic N) is 1. The van der Waals surface area contributed by atoms with Gasteiger partial charge in [0.25, 0.3) is 0 Å². The van der Waals surface area contributed by atoms with Crippen LogP contribution >= 0.6 is 0 Å². The smallest absolute Gasteiger partial charge is 0.161 e. The third kappa shape index (κ3) is 4.10. The Bertz CT molecular complexity index is 897. The molecule has 0 saturated carbocycles. The molecule has 2 aromatic carbocycles. The fourth-order valence-electron chi connectivity index (χ4n) is 4.47. The highest BCUT2D eigenvalue weighted by Crippen LogP contribution is 2.44. The Balaban J connectivity index is 1.39. The van der Waals surface area contributed by atoms with Crippen molar-refractivity contribution >= 4 is 0 Å². The molecule has 0 amide bonds. The van der Waals surface area contributed by atoms with E-state index >= 15 is 0 Å². The van der Waals surface area contributed by atoms with E-state index in [4.69, 9.17) is 14.2 Å². The molecular formula is C23H28FNO5. The fraction of sp³-hybridized carbons (Fsp3) is 0.478. The van der Waals surface area contributed by atoms with E-state index in [1.165, 1.54) is 12.1 Å². The van der Waals surface area contributed by atoms with Gasteiger partial charge < -0.3 is 29.3 Å². The van der Waals surface area contributed by atoms with Gasteiger partial charge in [0.2, 0.25) is 0 Å². The highest BCUT2D eigenvalue weighted by atomic mass is 19.1. The zero-order valence-corrected chi connectivity index (χ0v) is 17.3. The van der Waals surface area contributed by atoms with Crippen LogP contribution in [0.3, 0.4) is 0 Å². The molecule has 7 heteroatoms. The first-order valence-electron chi connectivity index (χ1n) is 10.2. The molecule has 0 aromatic heterocycles. The summed E-state index contributed by atoms with van der Waals surface area (Å²) in [7, 11) is 3.15. The molecule has 0 aliphatic carbocycles. The number of fused-ring (bicyclic) bond motifs is 1. The van der Waals surface area contributed by atoms with Gasteiger partial charge in [0.15, 0.2) is 11.5 Å². The first kappa shape index (κ1) is 20.9. The Morgan fingerprint density at radius 2 is 1.87 bits per heavy atom. The second-order valence-electron chi connectivity index (χ2n) is 8.12. The molecule has 2 N–H and O–H groups in total. The molecule has 1 saturated heterocycles. The molecule has 0 radical (unpaired) electrons. The topological polar surface area (TPSA) is 71.4 Å². The highest BCUT2D eigenvalue weighted by Gasteiger charge is 2.43. The molecule has 4 rings (SSSR count). The molecule has 2 aliphatic heterocycles. The van der Waals surface area contributed by atoms with E-state index in [1.807, 2.05) is 6.07 Å². The van der Waals surface area contributed by atoms with Gasteiger partial charge in [0.05, 0.1) is 26.4 Å². The lowest BCUT2D eigenvalue weighted by atomic mass is 9.81. The third-order valence-electron chi connectivity index (χ3n) is 6.21. The number of nitrogens with zero attached hydrogens (tertiary/aromatic N) is 1. The highest BCUT2D eigenvalue weighted by molar-refractivity contribution is 5.43. The zero-order valence-electron chi connectivity index (χ0n) is 17.3. The van der Waals surface area contributed by atoms with Gasteiger partial charge in [0, 0.05) is 31.6 Å². The summed E-state index contributed by atoms with van der Waals surface area (Å²) in [6.07, 6.45) is 0.544. The summed E-state index contributed by atoms with van der Waals surface area (Å²) in [6, 6.07) is 9.74. The molecule has 162 valence electrons. The maximum atomic E-state index is 13.5. The Kier molecular flexibility index (Phi) is 5.86. The summed E-state index contributed by atoms with van der Waals surface area (Å²) in [5.41, 5.74) is 0.842. The lowest BCUT2D eigenvalue weighted by Crippen LogP contribution is -2.51. The van der Waals surface area contributed by atoms with Crippen molar-refractivity contribution in [2.45, 2.75) is 37.1 Å². The lowest BCUT2D eigenvalue weighted by molar-refractivity contribution is -0.0589. The van der Waals surface area contributed by atoms with Crippen LogP contribution in [0.15, 0.2) is 36.4 Å². The van der Waals surface area contributed by atoms with Gasteiger partial charge in [-0.3, -0.25) is 0 Å². The van der Waals surface area contributed by atoms with Crippen LogP contribution in [0.4, 0.5) is 4.39 Å². The number of aliphatic hydroxyl groups excluding tert-OH is 2. The molecule has 2 aromatic rings. The fourth-order valence-corrected chi connectivity index (χ4v) is 4.47. The minimum atomic E-state index is -0.728. The van der Waals surface area contributed by atoms with Crippen LogP contribution in [0, 0.1) is 5.82 Å². The summed E-state index contributed by atoms with van der Waals surface area (Å²) < 4.78 is 30.3. The molecule has 6 nitrogen and oxygen atoms in total. The molecule has 0 unspecified atom stereocenters. The second-order valence-corrected chi connectivity index (χ2v) is 8.12. The monoisotopic (exact) mass is 417 g/mol. The summed E-state index contributed by atoms with van der Waals surface area (Å²) >= 11 is 0. The SMILES string of the molecule is COc1ccc([C@H](O)CN2CCC3(CC2)C[C@H](O)c2cc(F)ccc2O3)cc1OC. The van der Waals surface area contributed by atoms with Crippen LogP contribution in [-0.2, 0) is 0 Å². The quantitative estimate of drug-likeness (QED) is 0.779. The van der Waals surface area contributed by atoms with Gasteiger partial charge in [-0.1, -0.05) is 6.07 Å². The minimum absolute atomic E-state index is 0.369. The van der Waals surface area contributed by atoms with E-state index in [2.05, 4.69) is 4.90 Å². The number of rotatable bonds is 5. The molecule has 2 heterocycles. The van der Waals surface area contributed by atoms with Gasteiger partial charge >= 0.3 is 0 Å². The predicted molar refractivity (Wildman–Crippen MR) is 110 cm³/mol. The molecule has 2 aliphatic rings. The number of hydrogen-bond acceptors (Lipinski definition) is 6. The van der Waals surface area contributed by atoms with Gasteiger partial charge in [-0.2, -0.15) is 0 Å². The van der Waals surface area contributed by atoms with Crippen molar-refractivity contribution in [3.63, 3.8) is 0 Å². The minimum Gasteiger partial charge on any atom is -0.493 e. The van der Waals surface area contributed by atoms with Gasteiger partial charge in [-0.25, -0.2) is 4.39 Å². The first-order valence-corrected chi connectivity index (χ1v) is 10.2. The number of likely N-dealkylation sites (tertiary alicyclic amines) is 1. The Labute approximate surface area is 175 Å². The average molecular weight is 417 g/mol. The molecule has 30 heavy (non-hydrogen) atoms. The largest absolute Gasteiger partial charge is 0.493 e. The molecule has 1 spiro atoms. The van der Waals surface area contributed by atoms with Crippen molar-refractivity contribution in [1.82, 2.24) is 4.90 Å². The molecule has 0 bridgehead atoms. The van der Waals surface area contributed by atoms with E-state index in [0.717, 1.165) is 31.5 Å². The van der Waals surface area contributed by atoms with Crippen molar-refractivity contribution in [2.24, 2.45) is 0 Å². The van der Waals surface area contributed by atoms with E-state index in [1.54, 1.807) is 32.4 Å². The van der Waals surface area contributed by atoms with Crippen molar-refractivity contribution in [3.8, 4) is 17.2 Å². The molecule has 1 fully saturated rings. The van der Waals surface area contributed by atoms with Gasteiger partial charge in [-0.05, 0) is 48.7 Å². The van der Waals surface area contributed by atoms with Crippen LogP contribution < -0.4 is 14.2 Å². The normalized spacial score (nSPS) is 21.6. The Morgan fingerprint density at radius 3 is 2.57 bits per heavy atom. The van der Waals surface area contributed by atoms with Gasteiger partial charge in [0.1, 0.15) is 17.2 Å². The number of halogens is 1. The summed E-state index contributed by atoms with van der Waals surface area (Å²) in [5, 5.41) is 21.2. The number of piperidine rings is 1. The van der Waals surface area contributed by atoms with E-state index in [9.17, 15) is 14.6 Å². The van der Waals surface area contributed by atoms with Crippen LogP contribution in [0.1, 0.15) is 42.6 Å². The van der Waals surface area contributed by atoms with Crippen LogP contribution in [0.2, 0.25) is 0 Å². The van der Waals surface area contributed by atoms with E-state index in [0.29, 0.717) is 35.8 Å².